The maximum atomic E-state index is 11.1. The topological polar surface area (TPSA) is 47.9 Å². The van der Waals surface area contributed by atoms with Crippen molar-refractivity contribution in [2.24, 2.45) is 0 Å². The normalized spacial score (nSPS) is 16.0. The summed E-state index contributed by atoms with van der Waals surface area (Å²) >= 11 is 0. The molecule has 3 aromatic rings. The van der Waals surface area contributed by atoms with Gasteiger partial charge in [-0.15, -0.1) is 0 Å². The molecule has 3 aromatic carbocycles. The van der Waals surface area contributed by atoms with E-state index in [2.05, 4.69) is 0 Å². The van der Waals surface area contributed by atoms with E-state index < -0.39 is 6.10 Å². The summed E-state index contributed by atoms with van der Waals surface area (Å²) in [6, 6.07) is 17.4. The Hall–Kier alpha value is -2.98. The molecule has 0 saturated heterocycles. The smallest absolute Gasteiger partial charge is 0.168 e. The number of ether oxygens (including phenoxy) is 3. The molecule has 0 spiro atoms. The van der Waals surface area contributed by atoms with Crippen LogP contribution in [0.3, 0.4) is 0 Å². The number of methoxy groups -OCH3 is 2. The van der Waals surface area contributed by atoms with Crippen LogP contribution >= 0.6 is 0 Å². The zero-order valence-electron chi connectivity index (χ0n) is 14.0. The minimum absolute atomic E-state index is 0.572. The van der Waals surface area contributed by atoms with E-state index in [1.807, 2.05) is 54.6 Å². The Morgan fingerprint density at radius 3 is 2.56 bits per heavy atom. The Balaban J connectivity index is 1.89. The predicted octanol–water partition coefficient (Wildman–Crippen LogP) is 4.32. The van der Waals surface area contributed by atoms with Crippen molar-refractivity contribution in [2.45, 2.75) is 6.10 Å². The molecule has 0 amide bonds. The zero-order chi connectivity index (χ0) is 17.4. The summed E-state index contributed by atoms with van der Waals surface area (Å²) in [4.78, 5) is 0. The monoisotopic (exact) mass is 334 g/mol. The lowest BCUT2D eigenvalue weighted by molar-refractivity contribution is 0.225. The summed E-state index contributed by atoms with van der Waals surface area (Å²) in [5.74, 6) is 1.84. The van der Waals surface area contributed by atoms with E-state index in [9.17, 15) is 5.11 Å². The molecule has 1 unspecified atom stereocenters. The maximum absolute atomic E-state index is 11.1. The third-order valence-electron chi connectivity index (χ3n) is 4.53. The Bertz CT molecular complexity index is 975. The number of para-hydroxylation sites is 1. The highest BCUT2D eigenvalue weighted by molar-refractivity contribution is 5.92. The van der Waals surface area contributed by atoms with Gasteiger partial charge in [0.05, 0.1) is 20.5 Å². The van der Waals surface area contributed by atoms with E-state index >= 15 is 0 Å². The van der Waals surface area contributed by atoms with Gasteiger partial charge in [-0.3, -0.25) is 0 Å². The first-order chi connectivity index (χ1) is 12.2. The second-order valence-corrected chi connectivity index (χ2v) is 5.83. The van der Waals surface area contributed by atoms with Crippen molar-refractivity contribution in [1.82, 2.24) is 0 Å². The van der Waals surface area contributed by atoms with Crippen LogP contribution in [0.2, 0.25) is 0 Å². The van der Waals surface area contributed by atoms with Gasteiger partial charge in [0.1, 0.15) is 11.9 Å². The largest absolute Gasteiger partial charge is 0.493 e. The van der Waals surface area contributed by atoms with Crippen LogP contribution < -0.4 is 14.2 Å². The second kappa shape index (κ2) is 6.15. The fourth-order valence-corrected chi connectivity index (χ4v) is 3.33. The molecule has 4 rings (SSSR count). The Kier molecular flexibility index (Phi) is 3.82. The highest BCUT2D eigenvalue weighted by atomic mass is 16.5. The zero-order valence-corrected chi connectivity index (χ0v) is 14.0. The maximum Gasteiger partial charge on any atom is 0.168 e. The molecule has 0 aliphatic carbocycles. The lowest BCUT2D eigenvalue weighted by atomic mass is 9.90. The first kappa shape index (κ1) is 15.5. The first-order valence-electron chi connectivity index (χ1n) is 8.02. The van der Waals surface area contributed by atoms with Gasteiger partial charge in [0.15, 0.2) is 11.5 Å². The fraction of sp³-hybridized carbons (Fsp3) is 0.143. The number of benzene rings is 3. The number of hydrogen-bond donors (Lipinski definition) is 1. The van der Waals surface area contributed by atoms with Crippen molar-refractivity contribution >= 4 is 16.3 Å². The number of aliphatic hydroxyl groups excluding tert-OH is 1. The molecule has 4 nitrogen and oxygen atoms in total. The van der Waals surface area contributed by atoms with E-state index in [1.165, 1.54) is 0 Å². The van der Waals surface area contributed by atoms with Gasteiger partial charge in [0.2, 0.25) is 0 Å². The van der Waals surface area contributed by atoms with Crippen molar-refractivity contribution in [3.8, 4) is 17.2 Å². The molecular formula is C21H18O4. The van der Waals surface area contributed by atoms with Gasteiger partial charge in [-0.2, -0.15) is 0 Å². The second-order valence-electron chi connectivity index (χ2n) is 5.83. The molecule has 0 bridgehead atoms. The lowest BCUT2D eigenvalue weighted by Gasteiger charge is -2.26. The van der Waals surface area contributed by atoms with Gasteiger partial charge in [-0.1, -0.05) is 42.5 Å². The molecule has 0 radical (unpaired) electrons. The number of hydrogen-bond acceptors (Lipinski definition) is 4. The molecule has 0 saturated carbocycles. The molecule has 0 fully saturated rings. The van der Waals surface area contributed by atoms with E-state index in [0.717, 1.165) is 21.9 Å². The van der Waals surface area contributed by atoms with Crippen molar-refractivity contribution in [3.05, 3.63) is 72.0 Å². The van der Waals surface area contributed by atoms with Crippen LogP contribution in [0.4, 0.5) is 0 Å². The first-order valence-corrected chi connectivity index (χ1v) is 8.02. The van der Waals surface area contributed by atoms with Crippen LogP contribution in [0.25, 0.3) is 16.3 Å². The Morgan fingerprint density at radius 2 is 1.76 bits per heavy atom. The molecule has 1 aliphatic rings. The summed E-state index contributed by atoms with van der Waals surface area (Å²) in [6.07, 6.45) is 0.759. The molecule has 1 atom stereocenters. The Labute approximate surface area is 145 Å². The summed E-state index contributed by atoms with van der Waals surface area (Å²) in [5, 5.41) is 13.1. The standard InChI is InChI=1S/C21H18O4/c1-23-18-9-5-8-15(21(18)24-2)16-12-25-17-11-10-13-6-3-4-7-14(13)19(17)20(16)22/h3-12,20,22H,1-2H3. The minimum atomic E-state index is -0.823. The summed E-state index contributed by atoms with van der Waals surface area (Å²) in [5.41, 5.74) is 2.15. The molecule has 1 heterocycles. The summed E-state index contributed by atoms with van der Waals surface area (Å²) in [7, 11) is 3.17. The summed E-state index contributed by atoms with van der Waals surface area (Å²) in [6.45, 7) is 0. The SMILES string of the molecule is COc1cccc(C2=COc3ccc4ccccc4c3C2O)c1OC. The molecule has 0 aromatic heterocycles. The van der Waals surface area contributed by atoms with Gasteiger partial charge >= 0.3 is 0 Å². The van der Waals surface area contributed by atoms with Gasteiger partial charge in [-0.25, -0.2) is 0 Å². The molecular weight excluding hydrogens is 316 g/mol. The number of fused-ring (bicyclic) bond motifs is 3. The average molecular weight is 334 g/mol. The van der Waals surface area contributed by atoms with E-state index in [0.29, 0.717) is 22.8 Å². The van der Waals surface area contributed by atoms with Gasteiger partial charge in [0, 0.05) is 16.7 Å². The van der Waals surface area contributed by atoms with E-state index in [1.54, 1.807) is 20.5 Å². The van der Waals surface area contributed by atoms with Gasteiger partial charge < -0.3 is 19.3 Å². The molecule has 25 heavy (non-hydrogen) atoms. The predicted molar refractivity (Wildman–Crippen MR) is 97.1 cm³/mol. The number of rotatable bonds is 3. The molecule has 4 heteroatoms. The van der Waals surface area contributed by atoms with Crippen LogP contribution in [0.1, 0.15) is 17.2 Å². The molecule has 1 aliphatic heterocycles. The molecule has 1 N–H and O–H groups in total. The van der Waals surface area contributed by atoms with Crippen LogP contribution in [-0.4, -0.2) is 19.3 Å². The third kappa shape index (κ3) is 2.42. The highest BCUT2D eigenvalue weighted by Crippen LogP contribution is 2.46. The van der Waals surface area contributed by atoms with Crippen LogP contribution in [-0.2, 0) is 0 Å². The van der Waals surface area contributed by atoms with Crippen LogP contribution in [0.5, 0.6) is 17.2 Å². The van der Waals surface area contributed by atoms with E-state index in [-0.39, 0.29) is 0 Å². The lowest BCUT2D eigenvalue weighted by Crippen LogP contribution is -2.11. The Morgan fingerprint density at radius 1 is 0.920 bits per heavy atom. The quantitative estimate of drug-likeness (QED) is 0.775. The summed E-state index contributed by atoms with van der Waals surface area (Å²) < 4.78 is 16.7. The van der Waals surface area contributed by atoms with Gasteiger partial charge in [0.25, 0.3) is 0 Å². The van der Waals surface area contributed by atoms with Gasteiger partial charge in [-0.05, 0) is 22.9 Å². The third-order valence-corrected chi connectivity index (χ3v) is 4.53. The fourth-order valence-electron chi connectivity index (χ4n) is 3.33. The minimum Gasteiger partial charge on any atom is -0.493 e. The van der Waals surface area contributed by atoms with Crippen molar-refractivity contribution < 1.29 is 19.3 Å². The van der Waals surface area contributed by atoms with Crippen LogP contribution in [0.15, 0.2) is 60.9 Å². The van der Waals surface area contributed by atoms with Crippen molar-refractivity contribution in [3.63, 3.8) is 0 Å². The van der Waals surface area contributed by atoms with Crippen molar-refractivity contribution in [1.29, 1.82) is 0 Å². The van der Waals surface area contributed by atoms with Crippen LogP contribution in [0, 0.1) is 0 Å². The van der Waals surface area contributed by atoms with E-state index in [4.69, 9.17) is 14.2 Å². The van der Waals surface area contributed by atoms with Crippen molar-refractivity contribution in [2.75, 3.05) is 14.2 Å². The average Bonchev–Trinajstić information content (AvgIpc) is 2.67. The number of aliphatic hydroxyl groups is 1. The molecule has 126 valence electrons. The highest BCUT2D eigenvalue weighted by Gasteiger charge is 2.28.